The summed E-state index contributed by atoms with van der Waals surface area (Å²) in [6.07, 6.45) is 3.10. The first-order chi connectivity index (χ1) is 10.9. The molecule has 0 aliphatic heterocycles. The number of hydrogen-bond acceptors (Lipinski definition) is 3. The van der Waals surface area contributed by atoms with Crippen LogP contribution in [-0.2, 0) is 15.9 Å². The zero-order chi connectivity index (χ0) is 15.9. The minimum Gasteiger partial charge on any atom is -0.383 e. The zero-order valence-corrected chi connectivity index (χ0v) is 16.5. The van der Waals surface area contributed by atoms with Crippen LogP contribution in [0, 0.1) is 0 Å². The van der Waals surface area contributed by atoms with E-state index in [1.165, 1.54) is 5.56 Å². The molecule has 2 N–H and O–H groups in total. The van der Waals surface area contributed by atoms with Crippen LogP contribution in [0.5, 0.6) is 0 Å². The van der Waals surface area contributed by atoms with Crippen LogP contribution in [0.3, 0.4) is 0 Å². The smallest absolute Gasteiger partial charge is 0.191 e. The molecule has 0 radical (unpaired) electrons. The minimum absolute atomic E-state index is 0. The standard InChI is InChI=1S/C17H29N3O2.HI/c1-18-17(20-12-15-21-2)19-11-6-7-13-22-14-10-16-8-4-3-5-9-16;/h3-5,8-9H,6-7,10-15H2,1-2H3,(H2,18,19,20);1H. The molecule has 132 valence electrons. The molecular formula is C17H30IN3O2. The summed E-state index contributed by atoms with van der Waals surface area (Å²) in [5.74, 6) is 0.821. The second-order valence-corrected chi connectivity index (χ2v) is 4.97. The molecule has 0 amide bonds. The van der Waals surface area contributed by atoms with Crippen molar-refractivity contribution in [1.82, 2.24) is 10.6 Å². The van der Waals surface area contributed by atoms with Gasteiger partial charge in [-0.25, -0.2) is 0 Å². The SMILES string of the molecule is CN=C(NCCCCOCCc1ccccc1)NCCOC.I. The summed E-state index contributed by atoms with van der Waals surface area (Å²) in [7, 11) is 3.46. The van der Waals surface area contributed by atoms with Gasteiger partial charge in [-0.15, -0.1) is 24.0 Å². The number of aliphatic imine (C=N–C) groups is 1. The van der Waals surface area contributed by atoms with E-state index in [0.29, 0.717) is 6.61 Å². The molecule has 0 spiro atoms. The normalized spacial score (nSPS) is 11.0. The van der Waals surface area contributed by atoms with Crippen molar-refractivity contribution < 1.29 is 9.47 Å². The van der Waals surface area contributed by atoms with Gasteiger partial charge in [0.25, 0.3) is 0 Å². The lowest BCUT2D eigenvalue weighted by Gasteiger charge is -2.11. The number of methoxy groups -OCH3 is 1. The Morgan fingerprint density at radius 3 is 2.43 bits per heavy atom. The van der Waals surface area contributed by atoms with Gasteiger partial charge in [0.05, 0.1) is 13.2 Å². The highest BCUT2D eigenvalue weighted by atomic mass is 127. The van der Waals surface area contributed by atoms with Crippen LogP contribution < -0.4 is 10.6 Å². The lowest BCUT2D eigenvalue weighted by atomic mass is 10.2. The third-order valence-electron chi connectivity index (χ3n) is 3.21. The molecule has 6 heteroatoms. The molecule has 0 saturated heterocycles. The Labute approximate surface area is 157 Å². The predicted molar refractivity (Wildman–Crippen MR) is 107 cm³/mol. The highest BCUT2D eigenvalue weighted by Crippen LogP contribution is 2.00. The minimum atomic E-state index is 0. The van der Waals surface area contributed by atoms with E-state index in [0.717, 1.165) is 51.5 Å². The summed E-state index contributed by atoms with van der Waals surface area (Å²) >= 11 is 0. The van der Waals surface area contributed by atoms with E-state index in [1.54, 1.807) is 14.2 Å². The molecule has 0 unspecified atom stereocenters. The van der Waals surface area contributed by atoms with Gasteiger partial charge in [0, 0.05) is 33.9 Å². The first-order valence-corrected chi connectivity index (χ1v) is 7.92. The maximum absolute atomic E-state index is 5.66. The van der Waals surface area contributed by atoms with Gasteiger partial charge in [0.1, 0.15) is 0 Å². The monoisotopic (exact) mass is 435 g/mol. The third-order valence-corrected chi connectivity index (χ3v) is 3.21. The number of halogens is 1. The molecule has 1 aromatic carbocycles. The van der Waals surface area contributed by atoms with Gasteiger partial charge in [-0.1, -0.05) is 30.3 Å². The molecule has 0 saturated carbocycles. The molecule has 0 atom stereocenters. The molecule has 23 heavy (non-hydrogen) atoms. The average molecular weight is 435 g/mol. The van der Waals surface area contributed by atoms with Crippen LogP contribution in [0.25, 0.3) is 0 Å². The zero-order valence-electron chi connectivity index (χ0n) is 14.2. The van der Waals surface area contributed by atoms with E-state index in [-0.39, 0.29) is 24.0 Å². The van der Waals surface area contributed by atoms with E-state index in [2.05, 4.69) is 39.9 Å². The second kappa shape index (κ2) is 16.0. The fourth-order valence-corrected chi connectivity index (χ4v) is 1.96. The van der Waals surface area contributed by atoms with Crippen molar-refractivity contribution in [1.29, 1.82) is 0 Å². The summed E-state index contributed by atoms with van der Waals surface area (Å²) in [6, 6.07) is 10.4. The number of benzene rings is 1. The van der Waals surface area contributed by atoms with Crippen molar-refractivity contribution in [3.63, 3.8) is 0 Å². The number of unbranched alkanes of at least 4 members (excludes halogenated alkanes) is 1. The number of ether oxygens (including phenoxy) is 2. The largest absolute Gasteiger partial charge is 0.383 e. The molecule has 0 heterocycles. The van der Waals surface area contributed by atoms with Crippen molar-refractivity contribution in [2.75, 3.05) is 47.1 Å². The molecule has 0 fully saturated rings. The van der Waals surface area contributed by atoms with Crippen LogP contribution in [0.4, 0.5) is 0 Å². The van der Waals surface area contributed by atoms with Gasteiger partial charge in [-0.05, 0) is 24.8 Å². The van der Waals surface area contributed by atoms with Gasteiger partial charge in [0.2, 0.25) is 0 Å². The maximum atomic E-state index is 5.66. The van der Waals surface area contributed by atoms with Gasteiger partial charge in [0.15, 0.2) is 5.96 Å². The second-order valence-electron chi connectivity index (χ2n) is 4.97. The van der Waals surface area contributed by atoms with Crippen molar-refractivity contribution in [3.05, 3.63) is 35.9 Å². The molecule has 5 nitrogen and oxygen atoms in total. The van der Waals surface area contributed by atoms with E-state index < -0.39 is 0 Å². The van der Waals surface area contributed by atoms with Gasteiger partial charge in [-0.3, -0.25) is 4.99 Å². The van der Waals surface area contributed by atoms with E-state index in [1.807, 2.05) is 6.07 Å². The first kappa shape index (κ1) is 22.1. The summed E-state index contributed by atoms with van der Waals surface area (Å²) in [6.45, 7) is 3.94. The summed E-state index contributed by atoms with van der Waals surface area (Å²) < 4.78 is 10.6. The van der Waals surface area contributed by atoms with Gasteiger partial charge in [-0.2, -0.15) is 0 Å². The Bertz CT molecular complexity index is 402. The lowest BCUT2D eigenvalue weighted by Crippen LogP contribution is -2.39. The highest BCUT2D eigenvalue weighted by Gasteiger charge is 1.96. The molecular weight excluding hydrogens is 405 g/mol. The van der Waals surface area contributed by atoms with E-state index in [4.69, 9.17) is 9.47 Å². The Balaban J connectivity index is 0.00000484. The molecule has 0 bridgehead atoms. The van der Waals surface area contributed by atoms with E-state index in [9.17, 15) is 0 Å². The quantitative estimate of drug-likeness (QED) is 0.243. The average Bonchev–Trinajstić information content (AvgIpc) is 2.56. The van der Waals surface area contributed by atoms with Gasteiger partial charge >= 0.3 is 0 Å². The summed E-state index contributed by atoms with van der Waals surface area (Å²) in [5.41, 5.74) is 1.33. The number of nitrogens with zero attached hydrogens (tertiary/aromatic N) is 1. The Kier molecular flexibility index (Phi) is 15.4. The van der Waals surface area contributed by atoms with Crippen LogP contribution in [0.2, 0.25) is 0 Å². The first-order valence-electron chi connectivity index (χ1n) is 7.92. The van der Waals surface area contributed by atoms with Crippen molar-refractivity contribution >= 4 is 29.9 Å². The van der Waals surface area contributed by atoms with Crippen LogP contribution in [0.15, 0.2) is 35.3 Å². The number of guanidine groups is 1. The molecule has 0 aliphatic rings. The summed E-state index contributed by atoms with van der Waals surface area (Å²) in [4.78, 5) is 4.15. The van der Waals surface area contributed by atoms with Gasteiger partial charge < -0.3 is 20.1 Å². The Morgan fingerprint density at radius 2 is 1.74 bits per heavy atom. The van der Waals surface area contributed by atoms with Crippen LogP contribution >= 0.6 is 24.0 Å². The van der Waals surface area contributed by atoms with Crippen molar-refractivity contribution in [2.24, 2.45) is 4.99 Å². The van der Waals surface area contributed by atoms with Crippen LogP contribution in [0.1, 0.15) is 18.4 Å². The number of nitrogens with one attached hydrogen (secondary N) is 2. The Hall–Kier alpha value is -0.860. The Morgan fingerprint density at radius 1 is 1.00 bits per heavy atom. The van der Waals surface area contributed by atoms with Crippen LogP contribution in [-0.4, -0.2) is 53.0 Å². The molecule has 0 aromatic heterocycles. The summed E-state index contributed by atoms with van der Waals surface area (Å²) in [5, 5.41) is 6.46. The highest BCUT2D eigenvalue weighted by molar-refractivity contribution is 14.0. The molecule has 1 aromatic rings. The number of rotatable bonds is 11. The fraction of sp³-hybridized carbons (Fsp3) is 0.588. The van der Waals surface area contributed by atoms with Crippen molar-refractivity contribution in [2.45, 2.75) is 19.3 Å². The van der Waals surface area contributed by atoms with Crippen molar-refractivity contribution in [3.8, 4) is 0 Å². The molecule has 0 aliphatic carbocycles. The van der Waals surface area contributed by atoms with E-state index >= 15 is 0 Å². The number of hydrogen-bond donors (Lipinski definition) is 2. The fourth-order valence-electron chi connectivity index (χ4n) is 1.96. The molecule has 1 rings (SSSR count). The third kappa shape index (κ3) is 12.3. The predicted octanol–water partition coefficient (Wildman–Crippen LogP) is 2.46. The maximum Gasteiger partial charge on any atom is 0.191 e. The topological polar surface area (TPSA) is 54.9 Å². The lowest BCUT2D eigenvalue weighted by molar-refractivity contribution is 0.133.